The van der Waals surface area contributed by atoms with Crippen molar-refractivity contribution in [2.24, 2.45) is 0 Å². The minimum atomic E-state index is -0.646. The lowest BCUT2D eigenvalue weighted by Gasteiger charge is -2.19. The molecule has 4 aromatic rings. The minimum absolute atomic E-state index is 0.200. The number of carbonyl (C=O) groups excluding carboxylic acids is 1. The van der Waals surface area contributed by atoms with Crippen molar-refractivity contribution in [1.29, 1.82) is 0 Å². The fraction of sp³-hybridized carbons (Fsp3) is 0.263. The summed E-state index contributed by atoms with van der Waals surface area (Å²) in [7, 11) is 0. The number of hydrogen-bond acceptors (Lipinski definition) is 8. The second-order valence-corrected chi connectivity index (χ2v) is 7.24. The van der Waals surface area contributed by atoms with Crippen molar-refractivity contribution in [3.05, 3.63) is 42.2 Å². The predicted octanol–water partition coefficient (Wildman–Crippen LogP) is 3.59. The van der Waals surface area contributed by atoms with Gasteiger partial charge in [-0.3, -0.25) is 4.98 Å². The molecule has 2 N–H and O–H groups in total. The van der Waals surface area contributed by atoms with E-state index in [9.17, 15) is 9.90 Å². The van der Waals surface area contributed by atoms with Crippen LogP contribution in [0.1, 0.15) is 26.5 Å². The van der Waals surface area contributed by atoms with Gasteiger partial charge in [-0.2, -0.15) is 4.68 Å². The molecule has 0 amide bonds. The molecule has 0 aliphatic carbocycles. The molecule has 0 saturated heterocycles. The quantitative estimate of drug-likeness (QED) is 0.553. The first kappa shape index (κ1) is 17.9. The number of aliphatic hydroxyl groups is 1. The third-order valence-electron chi connectivity index (χ3n) is 3.96. The van der Waals surface area contributed by atoms with Crippen LogP contribution >= 0.6 is 0 Å². The van der Waals surface area contributed by atoms with Crippen LogP contribution in [-0.4, -0.2) is 36.7 Å². The molecule has 144 valence electrons. The Balaban J connectivity index is 1.72. The van der Waals surface area contributed by atoms with Gasteiger partial charge in [-0.25, -0.2) is 4.79 Å². The average molecular weight is 381 g/mol. The molecule has 0 atom stereocenters. The molecule has 0 bridgehead atoms. The Hall–Kier alpha value is -3.46. The van der Waals surface area contributed by atoms with Crippen molar-refractivity contribution in [3.63, 3.8) is 0 Å². The molecule has 0 saturated carbocycles. The fourth-order valence-corrected chi connectivity index (χ4v) is 2.80. The van der Waals surface area contributed by atoms with Gasteiger partial charge in [-0.1, -0.05) is 5.16 Å². The van der Waals surface area contributed by atoms with Crippen LogP contribution in [0.15, 0.2) is 41.1 Å². The summed E-state index contributed by atoms with van der Waals surface area (Å²) in [5.74, 6) is 0.405. The van der Waals surface area contributed by atoms with Gasteiger partial charge in [-0.15, -0.1) is 5.10 Å². The second-order valence-electron chi connectivity index (χ2n) is 7.24. The van der Waals surface area contributed by atoms with E-state index in [0.717, 1.165) is 5.39 Å². The Labute approximate surface area is 159 Å². The topological polar surface area (TPSA) is 115 Å². The van der Waals surface area contributed by atoms with Gasteiger partial charge in [0.25, 0.3) is 0 Å². The van der Waals surface area contributed by atoms with Crippen LogP contribution in [0.3, 0.4) is 0 Å². The van der Waals surface area contributed by atoms with Gasteiger partial charge in [0.05, 0.1) is 6.61 Å². The maximum absolute atomic E-state index is 12.5. The van der Waals surface area contributed by atoms with Gasteiger partial charge in [0.1, 0.15) is 22.3 Å². The maximum atomic E-state index is 12.5. The van der Waals surface area contributed by atoms with Crippen LogP contribution in [0.25, 0.3) is 22.0 Å². The lowest BCUT2D eigenvalue weighted by Crippen LogP contribution is -2.27. The van der Waals surface area contributed by atoms with Crippen molar-refractivity contribution in [1.82, 2.24) is 19.9 Å². The molecule has 0 spiro atoms. The minimum Gasteiger partial charge on any atom is -0.442 e. The first-order chi connectivity index (χ1) is 13.4. The number of carbonyl (C=O) groups is 1. The number of nitrogens with one attached hydrogen (secondary N) is 1. The third-order valence-corrected chi connectivity index (χ3v) is 3.96. The van der Waals surface area contributed by atoms with E-state index in [0.29, 0.717) is 33.8 Å². The Morgan fingerprint density at radius 2 is 2.14 bits per heavy atom. The van der Waals surface area contributed by atoms with Crippen molar-refractivity contribution < 1.29 is 19.2 Å². The highest BCUT2D eigenvalue weighted by Crippen LogP contribution is 2.28. The van der Waals surface area contributed by atoms with Gasteiger partial charge < -0.3 is 19.7 Å². The first-order valence-electron chi connectivity index (χ1n) is 8.69. The molecule has 0 fully saturated rings. The number of aromatic nitrogens is 4. The van der Waals surface area contributed by atoms with E-state index in [4.69, 9.17) is 9.26 Å². The van der Waals surface area contributed by atoms with Crippen LogP contribution in [0.5, 0.6) is 0 Å². The predicted molar refractivity (Wildman–Crippen MR) is 102 cm³/mol. The zero-order valence-corrected chi connectivity index (χ0v) is 15.6. The monoisotopic (exact) mass is 381 g/mol. The van der Waals surface area contributed by atoms with E-state index in [1.807, 2.05) is 0 Å². The molecular weight excluding hydrogens is 362 g/mol. The van der Waals surface area contributed by atoms with Gasteiger partial charge in [0.15, 0.2) is 11.4 Å². The summed E-state index contributed by atoms with van der Waals surface area (Å²) in [5, 5.41) is 21.3. The van der Waals surface area contributed by atoms with Crippen molar-refractivity contribution >= 4 is 39.6 Å². The highest BCUT2D eigenvalue weighted by molar-refractivity contribution is 5.94. The third kappa shape index (κ3) is 3.27. The molecule has 0 aliphatic heterocycles. The molecule has 1 aromatic carbocycles. The van der Waals surface area contributed by atoms with Crippen LogP contribution in [0, 0.1) is 0 Å². The Morgan fingerprint density at radius 1 is 1.32 bits per heavy atom. The molecule has 0 unspecified atom stereocenters. The van der Waals surface area contributed by atoms with Crippen LogP contribution in [0.4, 0.5) is 16.3 Å². The Kier molecular flexibility index (Phi) is 4.23. The van der Waals surface area contributed by atoms with E-state index in [1.165, 1.54) is 4.68 Å². The number of benzene rings is 1. The summed E-state index contributed by atoms with van der Waals surface area (Å²) >= 11 is 0. The van der Waals surface area contributed by atoms with Crippen molar-refractivity contribution in [3.8, 4) is 0 Å². The molecular formula is C19H19N5O4. The number of fused-ring (bicyclic) bond motifs is 2. The highest BCUT2D eigenvalue weighted by atomic mass is 16.6. The summed E-state index contributed by atoms with van der Waals surface area (Å²) in [6.07, 6.45) is 1.04. The Bertz CT molecular complexity index is 1170. The molecule has 9 nitrogen and oxygen atoms in total. The zero-order chi connectivity index (χ0) is 19.9. The molecule has 4 rings (SSSR count). The van der Waals surface area contributed by atoms with Crippen LogP contribution in [-0.2, 0) is 11.3 Å². The van der Waals surface area contributed by atoms with Gasteiger partial charge in [0, 0.05) is 23.3 Å². The zero-order valence-electron chi connectivity index (χ0n) is 15.6. The molecule has 28 heavy (non-hydrogen) atoms. The van der Waals surface area contributed by atoms with E-state index >= 15 is 0 Å². The lowest BCUT2D eigenvalue weighted by molar-refractivity contribution is 0.0523. The van der Waals surface area contributed by atoms with Crippen LogP contribution in [0.2, 0.25) is 0 Å². The Morgan fingerprint density at radius 3 is 2.89 bits per heavy atom. The summed E-state index contributed by atoms with van der Waals surface area (Å²) in [5.41, 5.74) is 2.09. The summed E-state index contributed by atoms with van der Waals surface area (Å²) in [6.45, 7) is 5.18. The largest absolute Gasteiger partial charge is 0.442 e. The molecule has 3 aromatic heterocycles. The first-order valence-corrected chi connectivity index (χ1v) is 8.69. The molecule has 0 aliphatic rings. The molecule has 0 radical (unpaired) electrons. The maximum Gasteiger partial charge on any atom is 0.435 e. The number of aliphatic hydroxyl groups excluding tert-OH is 1. The smallest absolute Gasteiger partial charge is 0.435 e. The van der Waals surface area contributed by atoms with Gasteiger partial charge >= 0.3 is 6.09 Å². The number of anilines is 2. The van der Waals surface area contributed by atoms with Crippen LogP contribution < -0.4 is 5.32 Å². The molecule has 9 heteroatoms. The van der Waals surface area contributed by atoms with Gasteiger partial charge in [0.2, 0.25) is 0 Å². The van der Waals surface area contributed by atoms with Gasteiger partial charge in [-0.05, 0) is 45.0 Å². The lowest BCUT2D eigenvalue weighted by atomic mass is 10.2. The summed E-state index contributed by atoms with van der Waals surface area (Å²) in [4.78, 5) is 16.9. The summed E-state index contributed by atoms with van der Waals surface area (Å²) < 4.78 is 11.9. The SMILES string of the molecule is CC(C)(C)OC(=O)n1nc(Nc2ccc3c(CO)noc3c2)c2ncccc21. The number of ether oxygens (including phenoxy) is 1. The summed E-state index contributed by atoms with van der Waals surface area (Å²) in [6, 6.07) is 8.81. The van der Waals surface area contributed by atoms with E-state index < -0.39 is 11.7 Å². The van der Waals surface area contributed by atoms with Crippen molar-refractivity contribution in [2.45, 2.75) is 33.0 Å². The van der Waals surface area contributed by atoms with E-state index in [1.54, 1.807) is 57.3 Å². The number of rotatable bonds is 3. The van der Waals surface area contributed by atoms with E-state index in [2.05, 4.69) is 20.6 Å². The highest BCUT2D eigenvalue weighted by Gasteiger charge is 2.22. The number of nitrogens with zero attached hydrogens (tertiary/aromatic N) is 4. The van der Waals surface area contributed by atoms with Crippen molar-refractivity contribution in [2.75, 3.05) is 5.32 Å². The fourth-order valence-electron chi connectivity index (χ4n) is 2.80. The standard InChI is InChI=1S/C19H19N5O4/c1-19(2,3)27-18(26)24-14-5-4-8-20-16(14)17(22-24)21-11-6-7-12-13(10-25)23-28-15(12)9-11/h4-9,25H,10H2,1-3H3,(H,21,22). The number of pyridine rings is 1. The normalized spacial score (nSPS) is 11.9. The number of hydrogen-bond donors (Lipinski definition) is 2. The average Bonchev–Trinajstić information content (AvgIpc) is 3.22. The van der Waals surface area contributed by atoms with E-state index in [-0.39, 0.29) is 6.61 Å². The molecule has 3 heterocycles. The second kappa shape index (κ2) is 6.61.